The molecule has 0 bridgehead atoms. The maximum atomic E-state index is 9.83. The highest BCUT2D eigenvalue weighted by molar-refractivity contribution is 14.1. The van der Waals surface area contributed by atoms with Crippen molar-refractivity contribution in [3.63, 3.8) is 0 Å². The van der Waals surface area contributed by atoms with E-state index in [4.69, 9.17) is 4.52 Å². The van der Waals surface area contributed by atoms with Gasteiger partial charge in [0.2, 0.25) is 5.82 Å². The van der Waals surface area contributed by atoms with Crippen LogP contribution in [0.1, 0.15) is 0 Å². The molecule has 0 aliphatic carbocycles. The molecule has 0 fully saturated rings. The fourth-order valence-corrected chi connectivity index (χ4v) is 2.12. The maximum absolute atomic E-state index is 9.83. The summed E-state index contributed by atoms with van der Waals surface area (Å²) in [7, 11) is 0. The summed E-state index contributed by atoms with van der Waals surface area (Å²) < 4.78 is 6.18. The van der Waals surface area contributed by atoms with Crippen LogP contribution >= 0.6 is 22.6 Å². The molecule has 0 radical (unpaired) electrons. The van der Waals surface area contributed by atoms with Crippen molar-refractivity contribution in [2.24, 2.45) is 0 Å². The van der Waals surface area contributed by atoms with Crippen molar-refractivity contribution < 1.29 is 9.63 Å². The molecule has 1 aromatic carbocycles. The lowest BCUT2D eigenvalue weighted by atomic mass is 10.2. The fourth-order valence-electron chi connectivity index (χ4n) is 1.63. The van der Waals surface area contributed by atoms with Gasteiger partial charge in [-0.1, -0.05) is 5.16 Å². The molecule has 6 heteroatoms. The van der Waals surface area contributed by atoms with E-state index < -0.39 is 0 Å². The summed E-state index contributed by atoms with van der Waals surface area (Å²) in [5, 5.41) is 13.7. The van der Waals surface area contributed by atoms with Gasteiger partial charge in [0.1, 0.15) is 5.75 Å². The molecule has 0 saturated heterocycles. The minimum absolute atomic E-state index is 0.116. The minimum atomic E-state index is 0.116. The van der Waals surface area contributed by atoms with Crippen molar-refractivity contribution in [3.05, 3.63) is 46.3 Å². The highest BCUT2D eigenvalue weighted by Gasteiger charge is 2.14. The Morgan fingerprint density at radius 2 is 1.89 bits per heavy atom. The Kier molecular flexibility index (Phi) is 3.16. The van der Waals surface area contributed by atoms with Gasteiger partial charge in [-0.25, -0.2) is 0 Å². The third kappa shape index (κ3) is 2.43. The molecule has 0 aliphatic heterocycles. The van der Waals surface area contributed by atoms with E-state index in [0.717, 1.165) is 9.13 Å². The summed E-state index contributed by atoms with van der Waals surface area (Å²) in [4.78, 5) is 8.22. The van der Waals surface area contributed by atoms with Crippen LogP contribution in [0.25, 0.3) is 22.8 Å². The van der Waals surface area contributed by atoms with E-state index in [1.54, 1.807) is 42.7 Å². The van der Waals surface area contributed by atoms with E-state index in [-0.39, 0.29) is 5.75 Å². The predicted octanol–water partition coefficient (Wildman–Crippen LogP) is 3.11. The average Bonchev–Trinajstić information content (AvgIpc) is 2.92. The van der Waals surface area contributed by atoms with Crippen molar-refractivity contribution in [2.45, 2.75) is 0 Å². The van der Waals surface area contributed by atoms with Crippen LogP contribution in [0.5, 0.6) is 5.75 Å². The zero-order valence-corrected chi connectivity index (χ0v) is 11.8. The van der Waals surface area contributed by atoms with E-state index in [1.165, 1.54) is 0 Å². The highest BCUT2D eigenvalue weighted by atomic mass is 127. The molecular weight excluding hydrogens is 357 g/mol. The van der Waals surface area contributed by atoms with Gasteiger partial charge in [-0.3, -0.25) is 4.98 Å². The number of aromatic nitrogens is 3. The van der Waals surface area contributed by atoms with Gasteiger partial charge in [-0.2, -0.15) is 4.98 Å². The van der Waals surface area contributed by atoms with Gasteiger partial charge in [0.05, 0.1) is 5.56 Å². The molecule has 5 nitrogen and oxygen atoms in total. The molecule has 3 aromatic rings. The quantitative estimate of drug-likeness (QED) is 0.707. The van der Waals surface area contributed by atoms with Crippen molar-refractivity contribution in [3.8, 4) is 28.6 Å². The Labute approximate surface area is 122 Å². The minimum Gasteiger partial charge on any atom is -0.507 e. The Morgan fingerprint density at radius 3 is 2.68 bits per heavy atom. The molecular formula is C13H8IN3O2. The average molecular weight is 365 g/mol. The van der Waals surface area contributed by atoms with Gasteiger partial charge in [-0.15, -0.1) is 0 Å². The largest absolute Gasteiger partial charge is 0.507 e. The molecule has 0 spiro atoms. The third-order valence-electron chi connectivity index (χ3n) is 2.55. The number of hydrogen-bond acceptors (Lipinski definition) is 5. The summed E-state index contributed by atoms with van der Waals surface area (Å²) in [6.07, 6.45) is 3.32. The van der Waals surface area contributed by atoms with Crippen LogP contribution in [0.4, 0.5) is 0 Å². The van der Waals surface area contributed by atoms with E-state index in [9.17, 15) is 5.11 Å². The topological polar surface area (TPSA) is 72.0 Å². The Morgan fingerprint density at radius 1 is 1.11 bits per heavy atom. The van der Waals surface area contributed by atoms with Gasteiger partial charge in [0.25, 0.3) is 5.89 Å². The number of nitrogens with zero attached hydrogens (tertiary/aromatic N) is 3. The number of phenols is 1. The molecule has 0 unspecified atom stereocenters. The lowest BCUT2D eigenvalue weighted by Crippen LogP contribution is -1.83. The standard InChI is InChI=1S/C13H8IN3O2/c14-9-1-2-11(18)10(7-9)13-16-12(17-19-13)8-3-5-15-6-4-8/h1-7,18H. The summed E-state index contributed by atoms with van der Waals surface area (Å²) in [5.41, 5.74) is 1.34. The molecule has 94 valence electrons. The van der Waals surface area contributed by atoms with Gasteiger partial charge in [0.15, 0.2) is 0 Å². The Balaban J connectivity index is 2.04. The number of hydrogen-bond donors (Lipinski definition) is 1. The highest BCUT2D eigenvalue weighted by Crippen LogP contribution is 2.30. The smallest absolute Gasteiger partial charge is 0.262 e. The molecule has 2 aromatic heterocycles. The van der Waals surface area contributed by atoms with Crippen molar-refractivity contribution in [1.29, 1.82) is 0 Å². The maximum Gasteiger partial charge on any atom is 0.262 e. The van der Waals surface area contributed by atoms with Gasteiger partial charge in [-0.05, 0) is 52.9 Å². The molecule has 1 N–H and O–H groups in total. The zero-order chi connectivity index (χ0) is 13.2. The van der Waals surface area contributed by atoms with Gasteiger partial charge >= 0.3 is 0 Å². The van der Waals surface area contributed by atoms with Crippen molar-refractivity contribution in [2.75, 3.05) is 0 Å². The molecule has 0 aliphatic rings. The molecule has 0 amide bonds. The Bertz CT molecular complexity index is 713. The number of aromatic hydroxyl groups is 1. The van der Waals surface area contributed by atoms with Crippen LogP contribution in [0, 0.1) is 3.57 Å². The Hall–Kier alpha value is -1.96. The first-order valence-corrected chi connectivity index (χ1v) is 6.55. The number of rotatable bonds is 2. The van der Waals surface area contributed by atoms with Crippen LogP contribution in [-0.2, 0) is 0 Å². The first-order valence-electron chi connectivity index (χ1n) is 5.47. The van der Waals surface area contributed by atoms with Crippen LogP contribution in [0.15, 0.2) is 47.2 Å². The lowest BCUT2D eigenvalue weighted by molar-refractivity contribution is 0.425. The van der Waals surface area contributed by atoms with Gasteiger partial charge in [0, 0.05) is 21.5 Å². The lowest BCUT2D eigenvalue weighted by Gasteiger charge is -1.99. The van der Waals surface area contributed by atoms with E-state index in [1.807, 2.05) is 0 Å². The number of halogens is 1. The summed E-state index contributed by atoms with van der Waals surface area (Å²) in [5.74, 6) is 0.879. The summed E-state index contributed by atoms with van der Waals surface area (Å²) in [6.45, 7) is 0. The van der Waals surface area contributed by atoms with E-state index in [0.29, 0.717) is 17.3 Å². The van der Waals surface area contributed by atoms with Crippen molar-refractivity contribution in [1.82, 2.24) is 15.1 Å². The fraction of sp³-hybridized carbons (Fsp3) is 0. The zero-order valence-electron chi connectivity index (χ0n) is 9.62. The third-order valence-corrected chi connectivity index (χ3v) is 3.22. The van der Waals surface area contributed by atoms with Crippen molar-refractivity contribution >= 4 is 22.6 Å². The van der Waals surface area contributed by atoms with E-state index in [2.05, 4.69) is 37.7 Å². The normalized spacial score (nSPS) is 10.6. The number of phenolic OH excluding ortho intramolecular Hbond substituents is 1. The SMILES string of the molecule is Oc1ccc(I)cc1-c1nc(-c2ccncc2)no1. The number of pyridine rings is 1. The molecule has 0 saturated carbocycles. The van der Waals surface area contributed by atoms with E-state index >= 15 is 0 Å². The van der Waals surface area contributed by atoms with Crippen LogP contribution < -0.4 is 0 Å². The molecule has 3 rings (SSSR count). The first-order chi connectivity index (χ1) is 9.24. The molecule has 0 atom stereocenters. The monoisotopic (exact) mass is 365 g/mol. The second-order valence-electron chi connectivity index (χ2n) is 3.82. The van der Waals surface area contributed by atoms with Crippen LogP contribution in [-0.4, -0.2) is 20.2 Å². The number of benzene rings is 1. The predicted molar refractivity (Wildman–Crippen MR) is 77.3 cm³/mol. The first kappa shape index (κ1) is 12.1. The molecule has 19 heavy (non-hydrogen) atoms. The molecule has 2 heterocycles. The summed E-state index contributed by atoms with van der Waals surface area (Å²) >= 11 is 2.16. The summed E-state index contributed by atoms with van der Waals surface area (Å²) in [6, 6.07) is 8.79. The van der Waals surface area contributed by atoms with Crippen LogP contribution in [0.2, 0.25) is 0 Å². The second kappa shape index (κ2) is 4.96. The van der Waals surface area contributed by atoms with Crippen LogP contribution in [0.3, 0.4) is 0 Å². The van der Waals surface area contributed by atoms with Gasteiger partial charge < -0.3 is 9.63 Å². The second-order valence-corrected chi connectivity index (χ2v) is 5.07.